The molecule has 1 fully saturated rings. The van der Waals surface area contributed by atoms with E-state index in [4.69, 9.17) is 19.7 Å². The van der Waals surface area contributed by atoms with Crippen LogP contribution in [0.4, 0.5) is 0 Å². The number of rotatable bonds is 17. The van der Waals surface area contributed by atoms with Crippen molar-refractivity contribution in [2.75, 3.05) is 52.7 Å². The Hall–Kier alpha value is -3.59. The van der Waals surface area contributed by atoms with Crippen LogP contribution < -0.4 is 10.6 Å². The Kier molecular flexibility index (Phi) is 14.2. The fourth-order valence-corrected chi connectivity index (χ4v) is 5.55. The van der Waals surface area contributed by atoms with Crippen LogP contribution in [0, 0.1) is 12.3 Å². The molecule has 1 aromatic carbocycles. The van der Waals surface area contributed by atoms with E-state index >= 15 is 0 Å². The molecule has 3 unspecified atom stereocenters. The van der Waals surface area contributed by atoms with Gasteiger partial charge in [-0.2, -0.15) is 0 Å². The number of carbonyl (C=O) groups is 3. The highest BCUT2D eigenvalue weighted by atomic mass is 32.1. The van der Waals surface area contributed by atoms with E-state index < -0.39 is 35.4 Å². The highest BCUT2D eigenvalue weighted by Gasteiger charge is 2.44. The molecule has 14 nitrogen and oxygen atoms in total. The summed E-state index contributed by atoms with van der Waals surface area (Å²) in [7, 11) is 0. The van der Waals surface area contributed by atoms with Crippen molar-refractivity contribution in [2.24, 2.45) is 10.5 Å². The third-order valence-corrected chi connectivity index (χ3v) is 8.07. The SMILES string of the molecule is Cc1ncsc1-c1ccc(CNC(=O)C2CC(O)CN2C(=O)C(NC(=O)COCCOCCOCCN=[N+]=[N-])C(C)(C)C)cc1. The molecule has 246 valence electrons. The lowest BCUT2D eigenvalue weighted by Gasteiger charge is -2.35. The van der Waals surface area contributed by atoms with Crippen molar-refractivity contribution in [3.8, 4) is 10.4 Å². The average Bonchev–Trinajstić information content (AvgIpc) is 3.62. The normalized spacial score (nSPS) is 17.0. The molecule has 0 spiro atoms. The Labute approximate surface area is 267 Å². The second-order valence-electron chi connectivity index (χ2n) is 11.7. The molecule has 0 radical (unpaired) electrons. The van der Waals surface area contributed by atoms with Gasteiger partial charge in [0.2, 0.25) is 17.7 Å². The molecule has 0 bridgehead atoms. The Morgan fingerprint density at radius 1 is 1.13 bits per heavy atom. The summed E-state index contributed by atoms with van der Waals surface area (Å²) in [5.74, 6) is -1.30. The van der Waals surface area contributed by atoms with Crippen molar-refractivity contribution in [2.45, 2.75) is 58.8 Å². The summed E-state index contributed by atoms with van der Waals surface area (Å²) in [6.45, 7) is 9.01. The molecule has 1 saturated heterocycles. The number of aliphatic hydroxyl groups excluding tert-OH is 1. The third-order valence-electron chi connectivity index (χ3n) is 7.09. The monoisotopic (exact) mass is 645 g/mol. The molecule has 3 rings (SSSR count). The number of aryl methyl sites for hydroxylation is 1. The van der Waals surface area contributed by atoms with Gasteiger partial charge < -0.3 is 34.9 Å². The fraction of sp³-hybridized carbons (Fsp3) is 0.600. The summed E-state index contributed by atoms with van der Waals surface area (Å²) in [6.07, 6.45) is -0.753. The number of carbonyl (C=O) groups excluding carboxylic acids is 3. The number of nitrogens with one attached hydrogen (secondary N) is 2. The zero-order valence-electron chi connectivity index (χ0n) is 26.2. The quantitative estimate of drug-likeness (QED) is 0.101. The molecule has 2 heterocycles. The lowest BCUT2D eigenvalue weighted by atomic mass is 9.85. The molecule has 2 aromatic rings. The largest absolute Gasteiger partial charge is 0.391 e. The smallest absolute Gasteiger partial charge is 0.246 e. The maximum absolute atomic E-state index is 13.7. The number of β-amino-alcohol motifs (C(OH)–C–C–N with tert-alkyl or cyclic N) is 1. The summed E-state index contributed by atoms with van der Waals surface area (Å²) in [5.41, 5.74) is 12.2. The van der Waals surface area contributed by atoms with Crippen molar-refractivity contribution in [3.05, 3.63) is 51.5 Å². The van der Waals surface area contributed by atoms with Crippen LogP contribution in [0.1, 0.15) is 38.4 Å². The van der Waals surface area contributed by atoms with E-state index in [0.29, 0.717) is 19.8 Å². The van der Waals surface area contributed by atoms with Crippen LogP contribution in [0.2, 0.25) is 0 Å². The number of ether oxygens (including phenoxy) is 3. The van der Waals surface area contributed by atoms with Crippen LogP contribution in [0.15, 0.2) is 34.9 Å². The molecular formula is C30H43N7O7S. The minimum absolute atomic E-state index is 0.00857. The van der Waals surface area contributed by atoms with Gasteiger partial charge in [0.15, 0.2) is 0 Å². The number of nitrogens with zero attached hydrogens (tertiary/aromatic N) is 5. The summed E-state index contributed by atoms with van der Waals surface area (Å²) >= 11 is 1.57. The fourth-order valence-electron chi connectivity index (χ4n) is 4.74. The number of azide groups is 1. The first-order valence-corrected chi connectivity index (χ1v) is 15.7. The number of likely N-dealkylation sites (tertiary alicyclic amines) is 1. The lowest BCUT2D eigenvalue weighted by Crippen LogP contribution is -2.58. The van der Waals surface area contributed by atoms with Gasteiger partial charge in [-0.3, -0.25) is 14.4 Å². The first kappa shape index (κ1) is 35.9. The van der Waals surface area contributed by atoms with Crippen LogP contribution in [-0.2, 0) is 35.1 Å². The predicted molar refractivity (Wildman–Crippen MR) is 168 cm³/mol. The summed E-state index contributed by atoms with van der Waals surface area (Å²) < 4.78 is 16.0. The lowest BCUT2D eigenvalue weighted by molar-refractivity contribution is -0.144. The minimum Gasteiger partial charge on any atom is -0.391 e. The second-order valence-corrected chi connectivity index (χ2v) is 12.5. The number of benzene rings is 1. The molecule has 0 aliphatic carbocycles. The van der Waals surface area contributed by atoms with Gasteiger partial charge in [0.05, 0.1) is 55.2 Å². The maximum Gasteiger partial charge on any atom is 0.246 e. The van der Waals surface area contributed by atoms with E-state index in [9.17, 15) is 19.5 Å². The number of amides is 3. The zero-order chi connectivity index (χ0) is 32.8. The topological polar surface area (TPSA) is 188 Å². The van der Waals surface area contributed by atoms with Crippen molar-refractivity contribution >= 4 is 29.1 Å². The van der Waals surface area contributed by atoms with E-state index in [0.717, 1.165) is 21.7 Å². The Balaban J connectivity index is 1.48. The first-order chi connectivity index (χ1) is 21.5. The van der Waals surface area contributed by atoms with E-state index in [1.54, 1.807) is 11.3 Å². The molecule has 1 aromatic heterocycles. The zero-order valence-corrected chi connectivity index (χ0v) is 27.0. The molecule has 0 saturated carbocycles. The average molecular weight is 646 g/mol. The van der Waals surface area contributed by atoms with Gasteiger partial charge in [0.1, 0.15) is 18.7 Å². The number of thiazole rings is 1. The Bertz CT molecular complexity index is 1310. The van der Waals surface area contributed by atoms with Crippen molar-refractivity contribution in [3.63, 3.8) is 0 Å². The van der Waals surface area contributed by atoms with E-state index in [2.05, 4.69) is 25.6 Å². The Morgan fingerprint density at radius 3 is 2.42 bits per heavy atom. The van der Waals surface area contributed by atoms with Gasteiger partial charge in [0, 0.05) is 31.0 Å². The van der Waals surface area contributed by atoms with Gasteiger partial charge in [0.25, 0.3) is 0 Å². The number of aliphatic hydroxyl groups is 1. The molecule has 3 atom stereocenters. The van der Waals surface area contributed by atoms with Gasteiger partial charge in [-0.05, 0) is 29.0 Å². The molecule has 45 heavy (non-hydrogen) atoms. The second kappa shape index (κ2) is 17.8. The van der Waals surface area contributed by atoms with Crippen molar-refractivity contribution in [1.29, 1.82) is 0 Å². The molecule has 15 heteroatoms. The van der Waals surface area contributed by atoms with Crippen LogP contribution in [-0.4, -0.2) is 104 Å². The Morgan fingerprint density at radius 2 is 1.80 bits per heavy atom. The predicted octanol–water partition coefficient (Wildman–Crippen LogP) is 2.59. The minimum atomic E-state index is -0.948. The maximum atomic E-state index is 13.7. The number of aromatic nitrogens is 1. The van der Waals surface area contributed by atoms with Gasteiger partial charge >= 0.3 is 0 Å². The molecular weight excluding hydrogens is 602 g/mol. The molecule has 3 N–H and O–H groups in total. The first-order valence-electron chi connectivity index (χ1n) is 14.8. The summed E-state index contributed by atoms with van der Waals surface area (Å²) in [6, 6.07) is 6.02. The van der Waals surface area contributed by atoms with Crippen LogP contribution in [0.3, 0.4) is 0 Å². The van der Waals surface area contributed by atoms with Gasteiger partial charge in [-0.1, -0.05) is 50.2 Å². The third kappa shape index (κ3) is 11.4. The standard InChI is InChI=1S/C30H43N7O7S/c1-20-26(45-19-33-20)22-7-5-21(6-8-22)16-32-28(40)24-15-23(38)17-37(24)29(41)27(30(2,3)4)35-25(39)18-44-14-13-43-12-11-42-10-9-34-36-31/h5-8,19,23-24,27,38H,9-18H2,1-4H3,(H,32,40)(H,35,39). The van der Waals surface area contributed by atoms with E-state index in [-0.39, 0.29) is 51.8 Å². The van der Waals surface area contributed by atoms with Crippen molar-refractivity contribution < 1.29 is 33.7 Å². The van der Waals surface area contributed by atoms with Crippen LogP contribution in [0.5, 0.6) is 0 Å². The molecule has 3 amide bonds. The number of hydrogen-bond donors (Lipinski definition) is 3. The van der Waals surface area contributed by atoms with Gasteiger partial charge in [-0.25, -0.2) is 4.98 Å². The molecule has 1 aliphatic heterocycles. The number of hydrogen-bond acceptors (Lipinski definition) is 10. The summed E-state index contributed by atoms with van der Waals surface area (Å²) in [5, 5.41) is 19.4. The van der Waals surface area contributed by atoms with E-state index in [1.807, 2.05) is 57.5 Å². The highest BCUT2D eigenvalue weighted by molar-refractivity contribution is 7.13. The highest BCUT2D eigenvalue weighted by Crippen LogP contribution is 2.28. The molecule has 1 aliphatic rings. The van der Waals surface area contributed by atoms with Crippen molar-refractivity contribution in [1.82, 2.24) is 20.5 Å². The van der Waals surface area contributed by atoms with Crippen LogP contribution in [0.25, 0.3) is 20.9 Å². The van der Waals surface area contributed by atoms with E-state index in [1.165, 1.54) is 4.90 Å². The van der Waals surface area contributed by atoms with Gasteiger partial charge in [-0.15, -0.1) is 11.3 Å². The summed E-state index contributed by atoms with van der Waals surface area (Å²) in [4.78, 5) is 49.0. The van der Waals surface area contributed by atoms with Crippen LogP contribution >= 0.6 is 11.3 Å².